The number of hydrogen-bond donors (Lipinski definition) is 1. The van der Waals surface area contributed by atoms with Crippen LogP contribution in [0.5, 0.6) is 0 Å². The Morgan fingerprint density at radius 1 is 1.38 bits per heavy atom. The van der Waals surface area contributed by atoms with E-state index in [1.807, 2.05) is 7.05 Å². The van der Waals surface area contributed by atoms with Gasteiger partial charge in [-0.25, -0.2) is 13.2 Å². The summed E-state index contributed by atoms with van der Waals surface area (Å²) < 4.78 is 31.5. The number of nitrogens with zero attached hydrogens (tertiary/aromatic N) is 1. The van der Waals surface area contributed by atoms with Crippen molar-refractivity contribution < 1.29 is 17.9 Å². The molecule has 0 radical (unpaired) electrons. The van der Waals surface area contributed by atoms with Gasteiger partial charge in [-0.1, -0.05) is 11.6 Å². The zero-order valence-electron chi connectivity index (χ0n) is 13.6. The summed E-state index contributed by atoms with van der Waals surface area (Å²) in [6.45, 7) is 1.88. The van der Waals surface area contributed by atoms with Crippen molar-refractivity contribution in [1.29, 1.82) is 0 Å². The molecule has 0 amide bonds. The molecule has 1 heterocycles. The SMILES string of the molecule is CNCC1CCN(S(=O)(=O)c2ccc(C(=O)OC)c(Cl)c2)CC1.Cl. The normalized spacial score (nSPS) is 16.5. The Labute approximate surface area is 154 Å². The average Bonchev–Trinajstić information content (AvgIpc) is 2.55. The molecule has 1 aromatic rings. The number of carbonyl (C=O) groups excluding carboxylic acids is 1. The van der Waals surface area contributed by atoms with Crippen LogP contribution in [0.15, 0.2) is 23.1 Å². The van der Waals surface area contributed by atoms with Gasteiger partial charge in [-0.2, -0.15) is 4.31 Å². The van der Waals surface area contributed by atoms with E-state index in [0.29, 0.717) is 19.0 Å². The number of carbonyl (C=O) groups is 1. The Bertz CT molecular complexity index is 674. The number of halogens is 2. The van der Waals surface area contributed by atoms with Crippen molar-refractivity contribution >= 4 is 40.0 Å². The summed E-state index contributed by atoms with van der Waals surface area (Å²) in [6.07, 6.45) is 1.65. The molecule has 6 nitrogen and oxygen atoms in total. The van der Waals surface area contributed by atoms with Gasteiger partial charge in [0, 0.05) is 13.1 Å². The number of sulfonamides is 1. The van der Waals surface area contributed by atoms with E-state index in [0.717, 1.165) is 19.4 Å². The predicted octanol–water partition coefficient (Wildman–Crippen LogP) is 2.17. The first-order valence-corrected chi connectivity index (χ1v) is 9.24. The first kappa shape index (κ1) is 21.2. The van der Waals surface area contributed by atoms with E-state index in [1.165, 1.54) is 29.6 Å². The van der Waals surface area contributed by atoms with Gasteiger partial charge in [-0.15, -0.1) is 12.4 Å². The van der Waals surface area contributed by atoms with Crippen LogP contribution < -0.4 is 5.32 Å². The van der Waals surface area contributed by atoms with Crippen LogP contribution in [0.4, 0.5) is 0 Å². The van der Waals surface area contributed by atoms with E-state index >= 15 is 0 Å². The number of esters is 1. The lowest BCUT2D eigenvalue weighted by Crippen LogP contribution is -2.40. The third kappa shape index (κ3) is 4.61. The van der Waals surface area contributed by atoms with Crippen LogP contribution in [0.1, 0.15) is 23.2 Å². The number of nitrogens with one attached hydrogen (secondary N) is 1. The van der Waals surface area contributed by atoms with Gasteiger partial charge in [0.2, 0.25) is 10.0 Å². The van der Waals surface area contributed by atoms with Crippen molar-refractivity contribution in [3.63, 3.8) is 0 Å². The number of ether oxygens (including phenoxy) is 1. The third-order valence-electron chi connectivity index (χ3n) is 4.05. The molecule has 1 N–H and O–H groups in total. The lowest BCUT2D eigenvalue weighted by atomic mass is 9.98. The Morgan fingerprint density at radius 3 is 2.50 bits per heavy atom. The number of piperidine rings is 1. The Morgan fingerprint density at radius 2 is 2.00 bits per heavy atom. The molecule has 9 heteroatoms. The van der Waals surface area contributed by atoms with Crippen LogP contribution in [-0.2, 0) is 14.8 Å². The molecule has 0 spiro atoms. The number of benzene rings is 1. The van der Waals surface area contributed by atoms with E-state index in [4.69, 9.17) is 11.6 Å². The van der Waals surface area contributed by atoms with E-state index in [2.05, 4.69) is 10.1 Å². The van der Waals surface area contributed by atoms with Crippen molar-refractivity contribution in [1.82, 2.24) is 9.62 Å². The maximum absolute atomic E-state index is 12.7. The molecule has 0 unspecified atom stereocenters. The number of rotatable bonds is 5. The topological polar surface area (TPSA) is 75.7 Å². The molecule has 1 aliphatic rings. The molecule has 1 saturated heterocycles. The van der Waals surface area contributed by atoms with Gasteiger partial charge >= 0.3 is 5.97 Å². The minimum atomic E-state index is -3.60. The molecular weight excluding hydrogens is 375 g/mol. The van der Waals surface area contributed by atoms with Gasteiger partial charge < -0.3 is 10.1 Å². The lowest BCUT2D eigenvalue weighted by Gasteiger charge is -2.31. The standard InChI is InChI=1S/C15H21ClN2O4S.ClH/c1-17-10-11-5-7-18(8-6-11)23(20,21)12-3-4-13(14(16)9-12)15(19)22-2;/h3-4,9,11,17H,5-8,10H2,1-2H3;1H. The lowest BCUT2D eigenvalue weighted by molar-refractivity contribution is 0.0601. The summed E-state index contributed by atoms with van der Waals surface area (Å²) >= 11 is 6.02. The summed E-state index contributed by atoms with van der Waals surface area (Å²) in [7, 11) is -0.450. The fraction of sp³-hybridized carbons (Fsp3) is 0.533. The quantitative estimate of drug-likeness (QED) is 0.771. The van der Waals surface area contributed by atoms with Crippen LogP contribution in [0.2, 0.25) is 5.02 Å². The summed E-state index contributed by atoms with van der Waals surface area (Å²) in [5.41, 5.74) is 0.154. The van der Waals surface area contributed by atoms with Crippen LogP contribution >= 0.6 is 24.0 Å². The van der Waals surface area contributed by atoms with E-state index < -0.39 is 16.0 Å². The van der Waals surface area contributed by atoms with Gasteiger partial charge in [0.1, 0.15) is 0 Å². The molecule has 0 atom stereocenters. The summed E-state index contributed by atoms with van der Waals surface area (Å²) in [4.78, 5) is 11.6. The molecule has 1 aromatic carbocycles. The highest BCUT2D eigenvalue weighted by Crippen LogP contribution is 2.27. The van der Waals surface area contributed by atoms with E-state index in [-0.39, 0.29) is 27.9 Å². The highest BCUT2D eigenvalue weighted by Gasteiger charge is 2.29. The summed E-state index contributed by atoms with van der Waals surface area (Å²) in [5, 5.41) is 3.20. The molecule has 0 bridgehead atoms. The van der Waals surface area contributed by atoms with Gasteiger partial charge in [0.25, 0.3) is 0 Å². The van der Waals surface area contributed by atoms with E-state index in [1.54, 1.807) is 0 Å². The predicted molar refractivity (Wildman–Crippen MR) is 95.4 cm³/mol. The Hall–Kier alpha value is -0.860. The molecule has 136 valence electrons. The first-order valence-electron chi connectivity index (χ1n) is 7.42. The highest BCUT2D eigenvalue weighted by atomic mass is 35.5. The second-order valence-corrected chi connectivity index (χ2v) is 7.88. The van der Waals surface area contributed by atoms with Gasteiger partial charge in [-0.05, 0) is 50.6 Å². The van der Waals surface area contributed by atoms with Crippen LogP contribution in [0, 0.1) is 5.92 Å². The maximum Gasteiger partial charge on any atom is 0.339 e. The molecule has 24 heavy (non-hydrogen) atoms. The molecule has 0 aliphatic carbocycles. The fourth-order valence-electron chi connectivity index (χ4n) is 2.72. The Balaban J connectivity index is 0.00000288. The average molecular weight is 397 g/mol. The highest BCUT2D eigenvalue weighted by molar-refractivity contribution is 7.89. The second-order valence-electron chi connectivity index (χ2n) is 5.54. The zero-order chi connectivity index (χ0) is 17.0. The minimum Gasteiger partial charge on any atom is -0.465 e. The van der Waals surface area contributed by atoms with E-state index in [9.17, 15) is 13.2 Å². The molecule has 0 saturated carbocycles. The molecule has 1 fully saturated rings. The fourth-order valence-corrected chi connectivity index (χ4v) is 4.54. The van der Waals surface area contributed by atoms with Crippen LogP contribution in [0.3, 0.4) is 0 Å². The smallest absolute Gasteiger partial charge is 0.339 e. The largest absolute Gasteiger partial charge is 0.465 e. The molecular formula is C15H22Cl2N2O4S. The molecule has 1 aliphatic heterocycles. The number of methoxy groups -OCH3 is 1. The zero-order valence-corrected chi connectivity index (χ0v) is 16.0. The van der Waals surface area contributed by atoms with Crippen molar-refractivity contribution in [2.45, 2.75) is 17.7 Å². The third-order valence-corrected chi connectivity index (χ3v) is 6.26. The summed E-state index contributed by atoms with van der Waals surface area (Å²) in [5.74, 6) is -0.0939. The van der Waals surface area contributed by atoms with Crippen LogP contribution in [0.25, 0.3) is 0 Å². The minimum absolute atomic E-state index is 0. The number of hydrogen-bond acceptors (Lipinski definition) is 5. The monoisotopic (exact) mass is 396 g/mol. The molecule has 0 aromatic heterocycles. The molecule has 2 rings (SSSR count). The van der Waals surface area contributed by atoms with Gasteiger partial charge in [0.15, 0.2) is 0 Å². The van der Waals surface area contributed by atoms with Crippen LogP contribution in [-0.4, -0.2) is 52.5 Å². The second kappa shape index (κ2) is 9.01. The van der Waals surface area contributed by atoms with Crippen molar-refractivity contribution in [3.8, 4) is 0 Å². The van der Waals surface area contributed by atoms with Crippen molar-refractivity contribution in [3.05, 3.63) is 28.8 Å². The van der Waals surface area contributed by atoms with Crippen molar-refractivity contribution in [2.75, 3.05) is 33.8 Å². The van der Waals surface area contributed by atoms with Gasteiger partial charge in [-0.3, -0.25) is 0 Å². The Kier molecular flexibility index (Phi) is 7.95. The first-order chi connectivity index (χ1) is 10.9. The van der Waals surface area contributed by atoms with Gasteiger partial charge in [0.05, 0.1) is 22.6 Å². The summed E-state index contributed by atoms with van der Waals surface area (Å²) in [6, 6.07) is 4.09. The van der Waals surface area contributed by atoms with Crippen molar-refractivity contribution in [2.24, 2.45) is 5.92 Å². The maximum atomic E-state index is 12.7.